The zero-order chi connectivity index (χ0) is 13.7. The summed E-state index contributed by atoms with van der Waals surface area (Å²) in [4.78, 5) is 12.0. The maximum Gasteiger partial charge on any atom is 0.241 e. The second-order valence-electron chi connectivity index (χ2n) is 4.48. The zero-order valence-electron chi connectivity index (χ0n) is 11.1. The molecule has 0 aliphatic heterocycles. The number of furan rings is 1. The lowest BCUT2D eigenvalue weighted by Gasteiger charge is -2.18. The molecule has 0 aliphatic rings. The summed E-state index contributed by atoms with van der Waals surface area (Å²) in [6, 6.07) is 12.8. The van der Waals surface area contributed by atoms with Gasteiger partial charge in [0.2, 0.25) is 5.91 Å². The predicted molar refractivity (Wildman–Crippen MR) is 74.8 cm³/mol. The van der Waals surface area contributed by atoms with Gasteiger partial charge in [-0.1, -0.05) is 18.2 Å². The van der Waals surface area contributed by atoms with Crippen LogP contribution in [-0.4, -0.2) is 11.9 Å². The maximum atomic E-state index is 12.0. The molecule has 2 N–H and O–H groups in total. The number of rotatable bonds is 5. The van der Waals surface area contributed by atoms with Crippen LogP contribution >= 0.6 is 0 Å². The Labute approximate surface area is 112 Å². The summed E-state index contributed by atoms with van der Waals surface area (Å²) >= 11 is 0. The van der Waals surface area contributed by atoms with E-state index in [1.165, 1.54) is 0 Å². The summed E-state index contributed by atoms with van der Waals surface area (Å²) in [6.45, 7) is 3.79. The molecule has 2 atom stereocenters. The van der Waals surface area contributed by atoms with Crippen LogP contribution in [-0.2, 0) is 4.79 Å². The number of hydrogen-bond donors (Lipinski definition) is 2. The van der Waals surface area contributed by atoms with Gasteiger partial charge in [0.15, 0.2) is 0 Å². The lowest BCUT2D eigenvalue weighted by atomic mass is 10.2. The topological polar surface area (TPSA) is 54.3 Å². The number of amides is 1. The van der Waals surface area contributed by atoms with Gasteiger partial charge in [-0.3, -0.25) is 10.1 Å². The molecule has 100 valence electrons. The highest BCUT2D eigenvalue weighted by atomic mass is 16.3. The van der Waals surface area contributed by atoms with Gasteiger partial charge < -0.3 is 9.73 Å². The first-order valence-electron chi connectivity index (χ1n) is 6.32. The fourth-order valence-electron chi connectivity index (χ4n) is 1.84. The Kier molecular flexibility index (Phi) is 4.36. The lowest BCUT2D eigenvalue weighted by molar-refractivity contribution is -0.118. The minimum Gasteiger partial charge on any atom is -0.468 e. The van der Waals surface area contributed by atoms with E-state index in [1.807, 2.05) is 56.3 Å². The highest BCUT2D eigenvalue weighted by molar-refractivity contribution is 5.94. The number of benzene rings is 1. The van der Waals surface area contributed by atoms with Crippen LogP contribution in [0.15, 0.2) is 53.1 Å². The van der Waals surface area contributed by atoms with Crippen molar-refractivity contribution >= 4 is 11.6 Å². The fraction of sp³-hybridized carbons (Fsp3) is 0.267. The molecular formula is C15H18N2O2. The average Bonchev–Trinajstić information content (AvgIpc) is 2.93. The third-order valence-electron chi connectivity index (χ3n) is 2.90. The molecule has 4 nitrogen and oxygen atoms in total. The first-order valence-corrected chi connectivity index (χ1v) is 6.32. The molecule has 1 aromatic heterocycles. The van der Waals surface area contributed by atoms with Gasteiger partial charge in [-0.2, -0.15) is 0 Å². The van der Waals surface area contributed by atoms with E-state index in [0.717, 1.165) is 11.4 Å². The number of para-hydroxylation sites is 1. The van der Waals surface area contributed by atoms with Crippen molar-refractivity contribution < 1.29 is 9.21 Å². The van der Waals surface area contributed by atoms with E-state index in [9.17, 15) is 4.79 Å². The quantitative estimate of drug-likeness (QED) is 0.867. The van der Waals surface area contributed by atoms with Crippen molar-refractivity contribution in [3.8, 4) is 0 Å². The Bertz CT molecular complexity index is 508. The van der Waals surface area contributed by atoms with E-state index in [-0.39, 0.29) is 18.0 Å². The molecule has 1 amide bonds. The van der Waals surface area contributed by atoms with Gasteiger partial charge >= 0.3 is 0 Å². The SMILES string of the molecule is CC(N[C@H](C)c1ccco1)C(=O)Nc1ccccc1. The zero-order valence-corrected chi connectivity index (χ0v) is 11.1. The van der Waals surface area contributed by atoms with Crippen molar-refractivity contribution in [2.75, 3.05) is 5.32 Å². The van der Waals surface area contributed by atoms with E-state index >= 15 is 0 Å². The molecule has 0 saturated carbocycles. The number of nitrogens with one attached hydrogen (secondary N) is 2. The molecule has 0 saturated heterocycles. The van der Waals surface area contributed by atoms with Crippen molar-refractivity contribution in [3.05, 3.63) is 54.5 Å². The second-order valence-corrected chi connectivity index (χ2v) is 4.48. The largest absolute Gasteiger partial charge is 0.468 e. The highest BCUT2D eigenvalue weighted by Gasteiger charge is 2.17. The van der Waals surface area contributed by atoms with E-state index in [2.05, 4.69) is 10.6 Å². The summed E-state index contributed by atoms with van der Waals surface area (Å²) in [5.74, 6) is 0.754. The first kappa shape index (κ1) is 13.4. The lowest BCUT2D eigenvalue weighted by Crippen LogP contribution is -2.39. The van der Waals surface area contributed by atoms with Gasteiger partial charge in [0.05, 0.1) is 18.3 Å². The van der Waals surface area contributed by atoms with Crippen molar-refractivity contribution in [2.24, 2.45) is 0 Å². The van der Waals surface area contributed by atoms with Crippen LogP contribution in [0.5, 0.6) is 0 Å². The standard InChI is InChI=1S/C15H18N2O2/c1-11(14-9-6-10-19-14)16-12(2)15(18)17-13-7-4-3-5-8-13/h3-12,16H,1-2H3,(H,17,18)/t11-,12?/m1/s1. The Morgan fingerprint density at radius 2 is 1.84 bits per heavy atom. The van der Waals surface area contributed by atoms with E-state index in [0.29, 0.717) is 0 Å². The van der Waals surface area contributed by atoms with Gasteiger partial charge in [0.25, 0.3) is 0 Å². The molecule has 0 aliphatic carbocycles. The van der Waals surface area contributed by atoms with Gasteiger partial charge in [0, 0.05) is 5.69 Å². The molecule has 19 heavy (non-hydrogen) atoms. The van der Waals surface area contributed by atoms with Crippen LogP contribution in [0, 0.1) is 0 Å². The minimum absolute atomic E-state index is 0.00785. The first-order chi connectivity index (χ1) is 9.16. The van der Waals surface area contributed by atoms with Gasteiger partial charge in [-0.05, 0) is 38.1 Å². The molecule has 0 fully saturated rings. The number of anilines is 1. The minimum atomic E-state index is -0.305. The van der Waals surface area contributed by atoms with Crippen LogP contribution in [0.3, 0.4) is 0 Å². The maximum absolute atomic E-state index is 12.0. The summed E-state index contributed by atoms with van der Waals surface area (Å²) in [5, 5.41) is 6.06. The smallest absolute Gasteiger partial charge is 0.241 e. The predicted octanol–water partition coefficient (Wildman–Crippen LogP) is 2.96. The molecule has 1 unspecified atom stereocenters. The summed E-state index contributed by atoms with van der Waals surface area (Å²) in [5.41, 5.74) is 0.798. The van der Waals surface area contributed by atoms with Crippen LogP contribution in [0.2, 0.25) is 0 Å². The monoisotopic (exact) mass is 258 g/mol. The molecule has 4 heteroatoms. The van der Waals surface area contributed by atoms with E-state index in [4.69, 9.17) is 4.42 Å². The molecule has 0 spiro atoms. The number of carbonyl (C=O) groups excluding carboxylic acids is 1. The van der Waals surface area contributed by atoms with Gasteiger partial charge in [-0.25, -0.2) is 0 Å². The normalized spacial score (nSPS) is 13.8. The number of hydrogen-bond acceptors (Lipinski definition) is 3. The fourth-order valence-corrected chi connectivity index (χ4v) is 1.84. The van der Waals surface area contributed by atoms with Crippen LogP contribution in [0.1, 0.15) is 25.6 Å². The number of carbonyl (C=O) groups is 1. The van der Waals surface area contributed by atoms with E-state index < -0.39 is 0 Å². The van der Waals surface area contributed by atoms with Crippen molar-refractivity contribution in [1.82, 2.24) is 5.32 Å². The van der Waals surface area contributed by atoms with Crippen LogP contribution < -0.4 is 10.6 Å². The molecule has 2 rings (SSSR count). The summed E-state index contributed by atoms with van der Waals surface area (Å²) in [6.07, 6.45) is 1.63. The third kappa shape index (κ3) is 3.69. The summed E-state index contributed by atoms with van der Waals surface area (Å²) in [7, 11) is 0. The Morgan fingerprint density at radius 3 is 2.47 bits per heavy atom. The second kappa shape index (κ2) is 6.20. The Balaban J connectivity index is 1.89. The third-order valence-corrected chi connectivity index (χ3v) is 2.90. The van der Waals surface area contributed by atoms with Crippen LogP contribution in [0.4, 0.5) is 5.69 Å². The Morgan fingerprint density at radius 1 is 1.11 bits per heavy atom. The molecule has 0 radical (unpaired) electrons. The van der Waals surface area contributed by atoms with Crippen molar-refractivity contribution in [1.29, 1.82) is 0 Å². The van der Waals surface area contributed by atoms with Crippen molar-refractivity contribution in [3.63, 3.8) is 0 Å². The molecule has 0 bridgehead atoms. The van der Waals surface area contributed by atoms with Gasteiger partial charge in [0.1, 0.15) is 5.76 Å². The van der Waals surface area contributed by atoms with Crippen LogP contribution in [0.25, 0.3) is 0 Å². The molecule has 1 heterocycles. The average molecular weight is 258 g/mol. The van der Waals surface area contributed by atoms with Gasteiger partial charge in [-0.15, -0.1) is 0 Å². The Hall–Kier alpha value is -2.07. The van der Waals surface area contributed by atoms with Crippen molar-refractivity contribution in [2.45, 2.75) is 25.9 Å². The van der Waals surface area contributed by atoms with E-state index in [1.54, 1.807) is 6.26 Å². The summed E-state index contributed by atoms with van der Waals surface area (Å²) < 4.78 is 5.30. The molecule has 2 aromatic rings. The molecular weight excluding hydrogens is 240 g/mol. The molecule has 1 aromatic carbocycles. The highest BCUT2D eigenvalue weighted by Crippen LogP contribution is 2.13.